The molecule has 7 heteroatoms. The molecule has 1 fully saturated rings. The van der Waals surface area contributed by atoms with Crippen LogP contribution in [0.25, 0.3) is 11.1 Å². The van der Waals surface area contributed by atoms with Crippen LogP contribution in [0.4, 0.5) is 4.79 Å². The summed E-state index contributed by atoms with van der Waals surface area (Å²) in [5.41, 5.74) is 0.664. The van der Waals surface area contributed by atoms with Crippen molar-refractivity contribution in [2.75, 3.05) is 6.54 Å². The summed E-state index contributed by atoms with van der Waals surface area (Å²) >= 11 is 11.9. The second-order valence-electron chi connectivity index (χ2n) is 6.62. The van der Waals surface area contributed by atoms with Crippen LogP contribution in [0.2, 0.25) is 10.2 Å². The summed E-state index contributed by atoms with van der Waals surface area (Å²) in [6.45, 7) is 6.20. The van der Waals surface area contributed by atoms with E-state index in [-0.39, 0.29) is 17.3 Å². The quantitative estimate of drug-likeness (QED) is 0.658. The van der Waals surface area contributed by atoms with E-state index in [1.54, 1.807) is 11.0 Å². The van der Waals surface area contributed by atoms with E-state index in [0.29, 0.717) is 28.4 Å². The van der Waals surface area contributed by atoms with Gasteiger partial charge in [0, 0.05) is 18.7 Å². The van der Waals surface area contributed by atoms with E-state index in [0.717, 1.165) is 12.8 Å². The van der Waals surface area contributed by atoms with Gasteiger partial charge in [0.25, 0.3) is 0 Å². The van der Waals surface area contributed by atoms with Gasteiger partial charge >= 0.3 is 6.09 Å². The third-order valence-corrected chi connectivity index (χ3v) is 4.31. The summed E-state index contributed by atoms with van der Waals surface area (Å²) in [6.07, 6.45) is 1.39. The maximum absolute atomic E-state index is 12.4. The summed E-state index contributed by atoms with van der Waals surface area (Å²) < 4.78 is 11.3. The van der Waals surface area contributed by atoms with Crippen molar-refractivity contribution >= 4 is 40.4 Å². The first-order valence-electron chi connectivity index (χ1n) is 7.50. The van der Waals surface area contributed by atoms with E-state index < -0.39 is 5.60 Å². The predicted octanol–water partition coefficient (Wildman–Crippen LogP) is 5.21. The van der Waals surface area contributed by atoms with E-state index in [1.807, 2.05) is 26.8 Å². The molecule has 0 aromatic carbocycles. The number of hydrogen-bond acceptors (Lipinski definition) is 4. The van der Waals surface area contributed by atoms with Crippen molar-refractivity contribution in [2.45, 2.75) is 45.3 Å². The Balaban J connectivity index is 1.89. The number of hydrogen-bond donors (Lipinski definition) is 0. The smallest absolute Gasteiger partial charge is 0.410 e. The van der Waals surface area contributed by atoms with Crippen LogP contribution in [0.3, 0.4) is 0 Å². The molecule has 0 bridgehead atoms. The number of aromatic nitrogens is 1. The van der Waals surface area contributed by atoms with Gasteiger partial charge in [0.2, 0.25) is 0 Å². The highest BCUT2D eigenvalue weighted by atomic mass is 35.5. The lowest BCUT2D eigenvalue weighted by Crippen LogP contribution is -2.36. The molecule has 2 aromatic rings. The number of pyridine rings is 1. The molecule has 0 aliphatic carbocycles. The molecule has 1 aliphatic heterocycles. The van der Waals surface area contributed by atoms with Gasteiger partial charge in [-0.1, -0.05) is 23.2 Å². The minimum absolute atomic E-state index is 0.156. The highest BCUT2D eigenvalue weighted by Gasteiger charge is 2.35. The fourth-order valence-corrected chi connectivity index (χ4v) is 2.99. The molecule has 0 radical (unpaired) electrons. The number of halogens is 2. The number of fused-ring (bicyclic) bond motifs is 1. The van der Waals surface area contributed by atoms with Crippen molar-refractivity contribution in [1.82, 2.24) is 9.88 Å². The van der Waals surface area contributed by atoms with Crippen LogP contribution in [0, 0.1) is 0 Å². The van der Waals surface area contributed by atoms with E-state index >= 15 is 0 Å². The zero-order chi connectivity index (χ0) is 16.8. The lowest BCUT2D eigenvalue weighted by molar-refractivity contribution is 0.0209. The van der Waals surface area contributed by atoms with Gasteiger partial charge < -0.3 is 9.15 Å². The second kappa shape index (κ2) is 5.87. The van der Waals surface area contributed by atoms with E-state index in [4.69, 9.17) is 32.4 Å². The lowest BCUT2D eigenvalue weighted by atomic mass is 10.1. The topological polar surface area (TPSA) is 55.6 Å². The first kappa shape index (κ1) is 16.4. The van der Waals surface area contributed by atoms with Gasteiger partial charge in [-0.3, -0.25) is 4.90 Å². The van der Waals surface area contributed by atoms with Crippen molar-refractivity contribution in [1.29, 1.82) is 0 Å². The summed E-state index contributed by atoms with van der Waals surface area (Å²) in [6, 6.07) is 3.30. The number of ether oxygens (including phenoxy) is 1. The fraction of sp³-hybridized carbons (Fsp3) is 0.500. The maximum Gasteiger partial charge on any atom is 0.410 e. The summed E-state index contributed by atoms with van der Waals surface area (Å²) in [5, 5.41) is 0.581. The molecule has 0 unspecified atom stereocenters. The Morgan fingerprint density at radius 2 is 2.13 bits per heavy atom. The van der Waals surface area contributed by atoms with Crippen LogP contribution in [-0.2, 0) is 4.74 Å². The van der Waals surface area contributed by atoms with Gasteiger partial charge in [0.1, 0.15) is 22.0 Å². The molecule has 1 aliphatic rings. The first-order chi connectivity index (χ1) is 10.7. The minimum atomic E-state index is -0.527. The Hall–Kier alpha value is -1.46. The third kappa shape index (κ3) is 3.40. The van der Waals surface area contributed by atoms with Gasteiger partial charge in [-0.25, -0.2) is 9.78 Å². The van der Waals surface area contributed by atoms with Crippen molar-refractivity contribution < 1.29 is 13.9 Å². The van der Waals surface area contributed by atoms with Crippen molar-refractivity contribution in [3.05, 3.63) is 28.1 Å². The predicted molar refractivity (Wildman–Crippen MR) is 88.9 cm³/mol. The number of carbonyl (C=O) groups excluding carboxylic acids is 1. The lowest BCUT2D eigenvalue weighted by Gasteiger charge is -2.27. The Kier molecular flexibility index (Phi) is 4.19. The molecule has 0 N–H and O–H groups in total. The standard InChI is InChI=1S/C16H18Cl2N2O3/c1-16(2,3)23-15(21)20-6-4-5-11(20)13-8-10-12(22-13)7-9(17)14(18)19-10/h7-8,11H,4-6H2,1-3H3/t11-/m0/s1. The molecule has 2 aromatic heterocycles. The number of rotatable bonds is 1. The largest absolute Gasteiger partial charge is 0.457 e. The van der Waals surface area contributed by atoms with E-state index in [9.17, 15) is 4.79 Å². The zero-order valence-electron chi connectivity index (χ0n) is 13.2. The molecule has 0 spiro atoms. The van der Waals surface area contributed by atoms with Crippen LogP contribution in [0.1, 0.15) is 45.4 Å². The van der Waals surface area contributed by atoms with Gasteiger partial charge in [0.05, 0.1) is 11.1 Å². The molecule has 0 saturated carbocycles. The highest BCUT2D eigenvalue weighted by molar-refractivity contribution is 6.41. The molecular weight excluding hydrogens is 339 g/mol. The van der Waals surface area contributed by atoms with E-state index in [2.05, 4.69) is 4.98 Å². The van der Waals surface area contributed by atoms with Gasteiger partial charge in [-0.15, -0.1) is 0 Å². The first-order valence-corrected chi connectivity index (χ1v) is 8.25. The number of carbonyl (C=O) groups is 1. The second-order valence-corrected chi connectivity index (χ2v) is 7.39. The molecule has 3 rings (SSSR count). The summed E-state index contributed by atoms with van der Waals surface area (Å²) in [5.74, 6) is 0.675. The molecule has 5 nitrogen and oxygen atoms in total. The van der Waals surface area contributed by atoms with Crippen LogP contribution in [0.5, 0.6) is 0 Å². The van der Waals surface area contributed by atoms with Crippen molar-refractivity contribution in [2.24, 2.45) is 0 Å². The monoisotopic (exact) mass is 356 g/mol. The molecule has 1 atom stereocenters. The molecule has 124 valence electrons. The average molecular weight is 357 g/mol. The van der Waals surface area contributed by atoms with E-state index in [1.165, 1.54) is 0 Å². The van der Waals surface area contributed by atoms with Crippen LogP contribution in [0.15, 0.2) is 16.5 Å². The molecule has 1 amide bonds. The highest BCUT2D eigenvalue weighted by Crippen LogP contribution is 2.37. The average Bonchev–Trinajstić information content (AvgIpc) is 3.03. The van der Waals surface area contributed by atoms with Crippen molar-refractivity contribution in [3.63, 3.8) is 0 Å². The Morgan fingerprint density at radius 3 is 2.83 bits per heavy atom. The number of nitrogens with zero attached hydrogens (tertiary/aromatic N) is 2. The van der Waals surface area contributed by atoms with Crippen LogP contribution >= 0.6 is 23.2 Å². The number of amides is 1. The molecule has 1 saturated heterocycles. The van der Waals surface area contributed by atoms with Crippen molar-refractivity contribution in [3.8, 4) is 0 Å². The minimum Gasteiger partial charge on any atom is -0.457 e. The zero-order valence-corrected chi connectivity index (χ0v) is 14.7. The van der Waals surface area contributed by atoms with Crippen LogP contribution < -0.4 is 0 Å². The molecule has 23 heavy (non-hydrogen) atoms. The SMILES string of the molecule is CC(C)(C)OC(=O)N1CCC[C@H]1c1cc2nc(Cl)c(Cl)cc2o1. The van der Waals surface area contributed by atoms with Crippen LogP contribution in [-0.4, -0.2) is 28.1 Å². The summed E-state index contributed by atoms with van der Waals surface area (Å²) in [4.78, 5) is 18.3. The number of likely N-dealkylation sites (tertiary alicyclic amines) is 1. The maximum atomic E-state index is 12.4. The van der Waals surface area contributed by atoms with Gasteiger partial charge in [-0.05, 0) is 33.6 Å². The molecular formula is C16H18Cl2N2O3. The van der Waals surface area contributed by atoms with Gasteiger partial charge in [-0.2, -0.15) is 0 Å². The third-order valence-electron chi connectivity index (χ3n) is 3.64. The fourth-order valence-electron chi connectivity index (χ4n) is 2.70. The Bertz CT molecular complexity index is 713. The Labute approximate surface area is 144 Å². The molecule has 3 heterocycles. The normalized spacial score (nSPS) is 18.7. The Morgan fingerprint density at radius 1 is 1.39 bits per heavy atom. The number of furan rings is 1. The summed E-state index contributed by atoms with van der Waals surface area (Å²) in [7, 11) is 0. The van der Waals surface area contributed by atoms with Gasteiger partial charge in [0.15, 0.2) is 5.58 Å².